The van der Waals surface area contributed by atoms with Gasteiger partial charge in [-0.2, -0.15) is 4.31 Å². The van der Waals surface area contributed by atoms with Gasteiger partial charge in [0.2, 0.25) is 5.91 Å². The Hall–Kier alpha value is -1.84. The van der Waals surface area contributed by atoms with Crippen LogP contribution >= 0.6 is 11.3 Å². The fraction of sp³-hybridized carbons (Fsp3) is 0.267. The number of thiophene rings is 1. The topological polar surface area (TPSA) is 66.5 Å². The number of halogens is 2. The van der Waals surface area contributed by atoms with Gasteiger partial charge in [-0.3, -0.25) is 4.79 Å². The van der Waals surface area contributed by atoms with E-state index >= 15 is 0 Å². The van der Waals surface area contributed by atoms with Crippen molar-refractivity contribution in [1.82, 2.24) is 4.31 Å². The van der Waals surface area contributed by atoms with Crippen molar-refractivity contribution in [3.63, 3.8) is 0 Å². The maximum atomic E-state index is 13.7. The van der Waals surface area contributed by atoms with E-state index in [1.54, 1.807) is 11.4 Å². The molecule has 1 aromatic carbocycles. The Kier molecular flexibility index (Phi) is 4.66. The van der Waals surface area contributed by atoms with Gasteiger partial charge in [-0.1, -0.05) is 6.07 Å². The van der Waals surface area contributed by atoms with Crippen LogP contribution in [0.3, 0.4) is 0 Å². The summed E-state index contributed by atoms with van der Waals surface area (Å²) >= 11 is 1.08. The molecule has 1 atom stereocenters. The van der Waals surface area contributed by atoms with E-state index in [0.29, 0.717) is 18.9 Å². The van der Waals surface area contributed by atoms with E-state index in [0.717, 1.165) is 27.8 Å². The second-order valence-electron chi connectivity index (χ2n) is 5.32. The smallest absolute Gasteiger partial charge is 0.253 e. The third-order valence-corrected chi connectivity index (χ3v) is 7.03. The normalized spacial score (nSPS) is 18.7. The Bertz CT molecular complexity index is 854. The van der Waals surface area contributed by atoms with Gasteiger partial charge in [-0.25, -0.2) is 17.2 Å². The van der Waals surface area contributed by atoms with E-state index < -0.39 is 33.6 Å². The highest BCUT2D eigenvalue weighted by Gasteiger charge is 2.40. The summed E-state index contributed by atoms with van der Waals surface area (Å²) in [7, 11) is -3.76. The summed E-state index contributed by atoms with van der Waals surface area (Å²) in [4.78, 5) is 12.4. The molecular formula is C15H14F2N2O3S2. The fourth-order valence-electron chi connectivity index (χ4n) is 2.62. The Labute approximate surface area is 142 Å². The molecule has 0 radical (unpaired) electrons. The lowest BCUT2D eigenvalue weighted by Gasteiger charge is -2.22. The highest BCUT2D eigenvalue weighted by atomic mass is 32.2. The first kappa shape index (κ1) is 17.0. The third-order valence-electron chi connectivity index (χ3n) is 3.75. The second-order valence-corrected chi connectivity index (χ2v) is 8.38. The van der Waals surface area contributed by atoms with Gasteiger partial charge < -0.3 is 5.32 Å². The second kappa shape index (κ2) is 6.58. The van der Waals surface area contributed by atoms with Crippen LogP contribution in [0, 0.1) is 11.6 Å². The quantitative estimate of drug-likeness (QED) is 0.897. The van der Waals surface area contributed by atoms with Crippen molar-refractivity contribution in [2.45, 2.75) is 23.1 Å². The summed E-state index contributed by atoms with van der Waals surface area (Å²) in [5.74, 6) is -2.29. The number of hydrogen-bond acceptors (Lipinski definition) is 4. The molecule has 1 aromatic heterocycles. The number of carbonyl (C=O) groups excluding carboxylic acids is 1. The van der Waals surface area contributed by atoms with Crippen molar-refractivity contribution < 1.29 is 22.0 Å². The van der Waals surface area contributed by atoms with Gasteiger partial charge in [-0.05, 0) is 36.4 Å². The van der Waals surface area contributed by atoms with Crippen LogP contribution in [0.5, 0.6) is 0 Å². The number of hydrogen-bond donors (Lipinski definition) is 1. The molecule has 0 spiro atoms. The molecule has 128 valence electrons. The first-order valence-corrected chi connectivity index (χ1v) is 9.53. The predicted octanol–water partition coefficient (Wildman–Crippen LogP) is 2.82. The highest BCUT2D eigenvalue weighted by molar-refractivity contribution is 7.91. The molecule has 1 fully saturated rings. The number of carbonyl (C=O) groups is 1. The average Bonchev–Trinajstić information content (AvgIpc) is 3.21. The van der Waals surface area contributed by atoms with E-state index in [2.05, 4.69) is 5.32 Å². The first-order valence-electron chi connectivity index (χ1n) is 7.21. The van der Waals surface area contributed by atoms with Crippen LogP contribution < -0.4 is 5.32 Å². The SMILES string of the molecule is O=C(Nc1ccc(F)cc1F)C1CCCN1S(=O)(=O)c1cccs1. The molecule has 9 heteroatoms. The highest BCUT2D eigenvalue weighted by Crippen LogP contribution is 2.29. The molecule has 0 bridgehead atoms. The van der Waals surface area contributed by atoms with Crippen LogP contribution in [-0.2, 0) is 14.8 Å². The Morgan fingerprint density at radius 1 is 1.29 bits per heavy atom. The number of nitrogens with zero attached hydrogens (tertiary/aromatic N) is 1. The Morgan fingerprint density at radius 2 is 2.08 bits per heavy atom. The van der Waals surface area contributed by atoms with Crippen molar-refractivity contribution >= 4 is 33.0 Å². The minimum absolute atomic E-state index is 0.162. The molecule has 1 aliphatic heterocycles. The van der Waals surface area contributed by atoms with Crippen molar-refractivity contribution in [1.29, 1.82) is 0 Å². The lowest BCUT2D eigenvalue weighted by atomic mass is 10.2. The summed E-state index contributed by atoms with van der Waals surface area (Å²) in [5, 5.41) is 3.99. The lowest BCUT2D eigenvalue weighted by Crippen LogP contribution is -2.43. The van der Waals surface area contributed by atoms with Crippen LogP contribution in [0.25, 0.3) is 0 Å². The molecule has 5 nitrogen and oxygen atoms in total. The zero-order chi connectivity index (χ0) is 17.3. The Morgan fingerprint density at radius 3 is 2.75 bits per heavy atom. The molecule has 2 aromatic rings. The zero-order valence-corrected chi connectivity index (χ0v) is 14.0. The molecule has 1 unspecified atom stereocenters. The third kappa shape index (κ3) is 3.19. The maximum Gasteiger partial charge on any atom is 0.253 e. The van der Waals surface area contributed by atoms with Crippen LogP contribution in [0.15, 0.2) is 39.9 Å². The van der Waals surface area contributed by atoms with E-state index in [4.69, 9.17) is 0 Å². The fourth-order valence-corrected chi connectivity index (χ4v) is 5.40. The molecule has 0 saturated carbocycles. The number of sulfonamides is 1. The number of anilines is 1. The minimum atomic E-state index is -3.76. The standard InChI is InChI=1S/C15H14F2N2O3S2/c16-10-5-6-12(11(17)9-10)18-15(20)13-3-1-7-19(13)24(21,22)14-4-2-8-23-14/h2,4-6,8-9,13H,1,3,7H2,(H,18,20). The first-order chi connectivity index (χ1) is 11.4. The van der Waals surface area contributed by atoms with Crippen LogP contribution in [0.2, 0.25) is 0 Å². The average molecular weight is 372 g/mol. The van der Waals surface area contributed by atoms with Gasteiger partial charge in [0.05, 0.1) is 5.69 Å². The van der Waals surface area contributed by atoms with E-state index in [9.17, 15) is 22.0 Å². The molecule has 1 saturated heterocycles. The number of rotatable bonds is 4. The summed E-state index contributed by atoms with van der Waals surface area (Å²) in [5.41, 5.74) is -0.179. The van der Waals surface area contributed by atoms with Crippen LogP contribution in [-0.4, -0.2) is 31.2 Å². The van der Waals surface area contributed by atoms with E-state index in [1.807, 2.05) is 0 Å². The van der Waals surface area contributed by atoms with E-state index in [1.165, 1.54) is 6.07 Å². The lowest BCUT2D eigenvalue weighted by molar-refractivity contribution is -0.119. The van der Waals surface area contributed by atoms with Crippen molar-refractivity contribution in [3.8, 4) is 0 Å². The summed E-state index contributed by atoms with van der Waals surface area (Å²) in [6.07, 6.45) is 0.883. The molecule has 3 rings (SSSR count). The van der Waals surface area contributed by atoms with Crippen LogP contribution in [0.4, 0.5) is 14.5 Å². The molecule has 1 N–H and O–H groups in total. The van der Waals surface area contributed by atoms with Gasteiger partial charge in [0, 0.05) is 12.6 Å². The van der Waals surface area contributed by atoms with Gasteiger partial charge in [-0.15, -0.1) is 11.3 Å². The van der Waals surface area contributed by atoms with Crippen molar-refractivity contribution in [2.75, 3.05) is 11.9 Å². The predicted molar refractivity (Wildman–Crippen MR) is 86.2 cm³/mol. The number of nitrogens with one attached hydrogen (secondary N) is 1. The van der Waals surface area contributed by atoms with E-state index in [-0.39, 0.29) is 16.4 Å². The van der Waals surface area contributed by atoms with Gasteiger partial charge >= 0.3 is 0 Å². The molecule has 2 heterocycles. The van der Waals surface area contributed by atoms with Crippen molar-refractivity contribution in [2.24, 2.45) is 0 Å². The van der Waals surface area contributed by atoms with Gasteiger partial charge in [0.1, 0.15) is 21.9 Å². The molecule has 0 aliphatic carbocycles. The molecular weight excluding hydrogens is 358 g/mol. The maximum absolute atomic E-state index is 13.7. The molecule has 1 amide bonds. The molecule has 1 aliphatic rings. The number of amides is 1. The Balaban J connectivity index is 1.81. The largest absolute Gasteiger partial charge is 0.322 e. The zero-order valence-electron chi connectivity index (χ0n) is 12.4. The summed E-state index contributed by atoms with van der Waals surface area (Å²) < 4.78 is 53.1. The number of benzene rings is 1. The molecule has 24 heavy (non-hydrogen) atoms. The van der Waals surface area contributed by atoms with Gasteiger partial charge in [0.25, 0.3) is 10.0 Å². The van der Waals surface area contributed by atoms with Crippen molar-refractivity contribution in [3.05, 3.63) is 47.3 Å². The minimum Gasteiger partial charge on any atom is -0.322 e. The summed E-state index contributed by atoms with van der Waals surface area (Å²) in [6, 6.07) is 4.97. The van der Waals surface area contributed by atoms with Crippen LogP contribution in [0.1, 0.15) is 12.8 Å². The van der Waals surface area contributed by atoms with Gasteiger partial charge in [0.15, 0.2) is 0 Å². The monoisotopic (exact) mass is 372 g/mol. The summed E-state index contributed by atoms with van der Waals surface area (Å²) in [6.45, 7) is 0.226.